The minimum atomic E-state index is 0.792. The fourth-order valence-corrected chi connectivity index (χ4v) is 1.58. The highest BCUT2D eigenvalue weighted by atomic mass is 32.1. The minimum absolute atomic E-state index is 0.792. The summed E-state index contributed by atoms with van der Waals surface area (Å²) in [7, 11) is 1.99. The van der Waals surface area contributed by atoms with E-state index in [-0.39, 0.29) is 0 Å². The summed E-state index contributed by atoms with van der Waals surface area (Å²) in [6.45, 7) is 5.88. The van der Waals surface area contributed by atoms with Crippen molar-refractivity contribution in [3.63, 3.8) is 0 Å². The molecule has 0 unspecified atom stereocenters. The lowest BCUT2D eigenvalue weighted by atomic mass is 10.2. The smallest absolute Gasteiger partial charge is 0.168 e. The van der Waals surface area contributed by atoms with E-state index in [1.807, 2.05) is 24.9 Å². The van der Waals surface area contributed by atoms with Crippen LogP contribution in [-0.4, -0.2) is 23.6 Å². The Bertz CT molecular complexity index is 336. The van der Waals surface area contributed by atoms with Gasteiger partial charge < -0.3 is 14.6 Å². The summed E-state index contributed by atoms with van der Waals surface area (Å²) < 4.78 is 5.25. The van der Waals surface area contributed by atoms with Crippen LogP contribution in [0.2, 0.25) is 0 Å². The van der Waals surface area contributed by atoms with Gasteiger partial charge in [-0.3, -0.25) is 0 Å². The molecule has 0 radical (unpaired) electrons. The maximum absolute atomic E-state index is 5.29. The van der Waals surface area contributed by atoms with Crippen molar-refractivity contribution in [2.75, 3.05) is 13.6 Å². The van der Waals surface area contributed by atoms with E-state index in [2.05, 4.69) is 12.2 Å². The van der Waals surface area contributed by atoms with E-state index < -0.39 is 0 Å². The lowest BCUT2D eigenvalue weighted by molar-refractivity contribution is 0.472. The van der Waals surface area contributed by atoms with Crippen LogP contribution in [0.3, 0.4) is 0 Å². The maximum atomic E-state index is 5.29. The molecule has 1 aromatic heterocycles. The molecule has 0 aliphatic heterocycles. The third-order valence-corrected chi connectivity index (χ3v) is 2.98. The second-order valence-corrected chi connectivity index (χ2v) is 4.33. The average molecular weight is 240 g/mol. The van der Waals surface area contributed by atoms with Crippen LogP contribution in [-0.2, 0) is 6.54 Å². The third kappa shape index (κ3) is 3.85. The molecule has 0 saturated carbocycles. The number of thiocarbonyl (C=S) groups is 1. The highest BCUT2D eigenvalue weighted by molar-refractivity contribution is 7.80. The van der Waals surface area contributed by atoms with Crippen LogP contribution in [0.1, 0.15) is 31.1 Å². The molecule has 0 atom stereocenters. The number of unbranched alkanes of at least 4 members (excludes halogenated alkanes) is 1. The van der Waals surface area contributed by atoms with Gasteiger partial charge in [0, 0.05) is 25.7 Å². The van der Waals surface area contributed by atoms with Crippen molar-refractivity contribution in [2.24, 2.45) is 0 Å². The van der Waals surface area contributed by atoms with Crippen molar-refractivity contribution >= 4 is 17.3 Å². The van der Waals surface area contributed by atoms with Crippen LogP contribution >= 0.6 is 12.2 Å². The lowest BCUT2D eigenvalue weighted by Crippen LogP contribution is -2.37. The van der Waals surface area contributed by atoms with E-state index >= 15 is 0 Å². The molecule has 0 aromatic carbocycles. The van der Waals surface area contributed by atoms with E-state index in [9.17, 15) is 0 Å². The SMILES string of the molecule is CCCCNC(=S)N(C)Cc1ccoc1C. The van der Waals surface area contributed by atoms with E-state index in [4.69, 9.17) is 16.6 Å². The largest absolute Gasteiger partial charge is 0.469 e. The number of hydrogen-bond acceptors (Lipinski definition) is 2. The van der Waals surface area contributed by atoms with Gasteiger partial charge in [-0.1, -0.05) is 13.3 Å². The molecule has 1 heterocycles. The molecule has 0 bridgehead atoms. The molecule has 0 saturated heterocycles. The Morgan fingerprint density at radius 2 is 2.31 bits per heavy atom. The van der Waals surface area contributed by atoms with Gasteiger partial charge >= 0.3 is 0 Å². The normalized spacial score (nSPS) is 10.2. The highest BCUT2D eigenvalue weighted by Crippen LogP contribution is 2.10. The molecule has 0 aliphatic rings. The van der Waals surface area contributed by atoms with Crippen LogP contribution in [0.25, 0.3) is 0 Å². The fourth-order valence-electron chi connectivity index (χ4n) is 1.41. The zero-order valence-corrected chi connectivity index (χ0v) is 11.1. The Morgan fingerprint density at radius 1 is 1.56 bits per heavy atom. The van der Waals surface area contributed by atoms with Crippen molar-refractivity contribution in [3.8, 4) is 0 Å². The van der Waals surface area contributed by atoms with E-state index in [1.165, 1.54) is 12.0 Å². The fraction of sp³-hybridized carbons (Fsp3) is 0.583. The van der Waals surface area contributed by atoms with Gasteiger partial charge in [0.05, 0.1) is 6.26 Å². The molecule has 0 aliphatic carbocycles. The van der Waals surface area contributed by atoms with Crippen molar-refractivity contribution in [1.29, 1.82) is 0 Å². The van der Waals surface area contributed by atoms with Crippen LogP contribution < -0.4 is 5.32 Å². The zero-order valence-electron chi connectivity index (χ0n) is 10.2. The van der Waals surface area contributed by atoms with E-state index in [0.29, 0.717) is 0 Å². The molecule has 0 spiro atoms. The Labute approximate surface area is 103 Å². The summed E-state index contributed by atoms with van der Waals surface area (Å²) in [6, 6.07) is 1.99. The molecule has 1 aromatic rings. The molecule has 0 fully saturated rings. The van der Waals surface area contributed by atoms with E-state index in [0.717, 1.165) is 30.4 Å². The second-order valence-electron chi connectivity index (χ2n) is 3.94. The van der Waals surface area contributed by atoms with Gasteiger partial charge in [-0.2, -0.15) is 0 Å². The quantitative estimate of drug-likeness (QED) is 0.633. The summed E-state index contributed by atoms with van der Waals surface area (Å²) in [5.41, 5.74) is 1.18. The highest BCUT2D eigenvalue weighted by Gasteiger charge is 2.07. The molecule has 0 amide bonds. The molecule has 16 heavy (non-hydrogen) atoms. The van der Waals surface area contributed by atoms with Crippen LogP contribution in [0, 0.1) is 6.92 Å². The topological polar surface area (TPSA) is 28.4 Å². The number of hydrogen-bond donors (Lipinski definition) is 1. The van der Waals surface area contributed by atoms with Crippen LogP contribution in [0.4, 0.5) is 0 Å². The molecule has 4 heteroatoms. The van der Waals surface area contributed by atoms with Gasteiger partial charge in [0.15, 0.2) is 5.11 Å². The van der Waals surface area contributed by atoms with Crippen LogP contribution in [0.15, 0.2) is 16.7 Å². The molecule has 3 nitrogen and oxygen atoms in total. The number of nitrogens with one attached hydrogen (secondary N) is 1. The Balaban J connectivity index is 2.37. The number of aryl methyl sites for hydroxylation is 1. The Morgan fingerprint density at radius 3 is 2.88 bits per heavy atom. The third-order valence-electron chi connectivity index (χ3n) is 2.53. The van der Waals surface area contributed by atoms with Gasteiger partial charge in [0.1, 0.15) is 5.76 Å². The van der Waals surface area contributed by atoms with Crippen molar-refractivity contribution < 1.29 is 4.42 Å². The van der Waals surface area contributed by atoms with E-state index in [1.54, 1.807) is 6.26 Å². The second kappa shape index (κ2) is 6.53. The standard InChI is InChI=1S/C12H20N2OS/c1-4-5-7-13-12(16)14(3)9-11-6-8-15-10(11)2/h6,8H,4-5,7,9H2,1-3H3,(H,13,16). The van der Waals surface area contributed by atoms with Crippen LogP contribution in [0.5, 0.6) is 0 Å². The summed E-state index contributed by atoms with van der Waals surface area (Å²) >= 11 is 5.29. The van der Waals surface area contributed by atoms with Crippen molar-refractivity contribution in [3.05, 3.63) is 23.7 Å². The van der Waals surface area contributed by atoms with Crippen molar-refractivity contribution in [1.82, 2.24) is 10.2 Å². The molecular weight excluding hydrogens is 220 g/mol. The summed E-state index contributed by atoms with van der Waals surface area (Å²) in [5.74, 6) is 0.961. The first-order valence-corrected chi connectivity index (χ1v) is 6.08. The molecular formula is C12H20N2OS. The minimum Gasteiger partial charge on any atom is -0.469 e. The van der Waals surface area contributed by atoms with Gasteiger partial charge in [0.2, 0.25) is 0 Å². The summed E-state index contributed by atoms with van der Waals surface area (Å²) in [6.07, 6.45) is 4.05. The predicted molar refractivity (Wildman–Crippen MR) is 70.4 cm³/mol. The first kappa shape index (κ1) is 13.0. The maximum Gasteiger partial charge on any atom is 0.168 e. The van der Waals surface area contributed by atoms with Gasteiger partial charge in [-0.15, -0.1) is 0 Å². The van der Waals surface area contributed by atoms with Gasteiger partial charge in [-0.25, -0.2) is 0 Å². The monoisotopic (exact) mass is 240 g/mol. The van der Waals surface area contributed by atoms with Crippen molar-refractivity contribution in [2.45, 2.75) is 33.2 Å². The zero-order chi connectivity index (χ0) is 12.0. The first-order valence-electron chi connectivity index (χ1n) is 5.67. The predicted octanol–water partition coefficient (Wildman–Crippen LogP) is 2.69. The van der Waals surface area contributed by atoms with Gasteiger partial charge in [-0.05, 0) is 31.6 Å². The molecule has 1 rings (SSSR count). The Kier molecular flexibility index (Phi) is 5.32. The summed E-state index contributed by atoms with van der Waals surface area (Å²) in [5, 5.41) is 4.04. The lowest BCUT2D eigenvalue weighted by Gasteiger charge is -2.20. The Hall–Kier alpha value is -1.03. The first-order chi connectivity index (χ1) is 7.65. The molecule has 90 valence electrons. The van der Waals surface area contributed by atoms with Gasteiger partial charge in [0.25, 0.3) is 0 Å². The number of furan rings is 1. The molecule has 1 N–H and O–H groups in total. The number of rotatable bonds is 5. The average Bonchev–Trinajstić information content (AvgIpc) is 2.64. The summed E-state index contributed by atoms with van der Waals surface area (Å²) in [4.78, 5) is 2.03. The number of nitrogens with zero attached hydrogens (tertiary/aromatic N) is 1.